The maximum Gasteiger partial charge on any atom is 0.0246 e. The molecule has 2 nitrogen and oxygen atoms in total. The normalized spacial score (nSPS) is 25.4. The van der Waals surface area contributed by atoms with Crippen molar-refractivity contribution in [2.75, 3.05) is 26.2 Å². The SMILES string of the molecule is CCCCC(C)C1CNCCN1CCC. The summed E-state index contributed by atoms with van der Waals surface area (Å²) in [5.41, 5.74) is 0. The predicted octanol–water partition coefficient (Wildman–Crippen LogP) is 2.50. The minimum atomic E-state index is 0.783. The highest BCUT2D eigenvalue weighted by Gasteiger charge is 2.25. The van der Waals surface area contributed by atoms with E-state index in [9.17, 15) is 0 Å². The predicted molar refractivity (Wildman–Crippen MR) is 67.2 cm³/mol. The van der Waals surface area contributed by atoms with Crippen molar-refractivity contribution in [3.8, 4) is 0 Å². The zero-order valence-electron chi connectivity index (χ0n) is 10.8. The smallest absolute Gasteiger partial charge is 0.0246 e. The van der Waals surface area contributed by atoms with Gasteiger partial charge in [0.25, 0.3) is 0 Å². The summed E-state index contributed by atoms with van der Waals surface area (Å²) in [6, 6.07) is 0.783. The van der Waals surface area contributed by atoms with Gasteiger partial charge in [-0.2, -0.15) is 0 Å². The van der Waals surface area contributed by atoms with Crippen LogP contribution in [-0.4, -0.2) is 37.1 Å². The first kappa shape index (κ1) is 13.0. The Morgan fingerprint density at radius 1 is 1.33 bits per heavy atom. The van der Waals surface area contributed by atoms with Gasteiger partial charge >= 0.3 is 0 Å². The van der Waals surface area contributed by atoms with Crippen molar-refractivity contribution in [1.82, 2.24) is 10.2 Å². The summed E-state index contributed by atoms with van der Waals surface area (Å²) in [6.45, 7) is 11.9. The zero-order valence-corrected chi connectivity index (χ0v) is 10.8. The standard InChI is InChI=1S/C13H28N2/c1-4-6-7-12(3)13-11-14-8-10-15(13)9-5-2/h12-14H,4-11H2,1-3H3. The average molecular weight is 212 g/mol. The summed E-state index contributed by atoms with van der Waals surface area (Å²) in [7, 11) is 0. The van der Waals surface area contributed by atoms with E-state index >= 15 is 0 Å². The molecule has 90 valence electrons. The lowest BCUT2D eigenvalue weighted by Crippen LogP contribution is -2.54. The van der Waals surface area contributed by atoms with E-state index in [1.165, 1.54) is 51.9 Å². The molecule has 1 fully saturated rings. The molecular formula is C13H28N2. The summed E-state index contributed by atoms with van der Waals surface area (Å²) >= 11 is 0. The van der Waals surface area contributed by atoms with Crippen LogP contribution in [0.3, 0.4) is 0 Å². The molecule has 1 aliphatic rings. The van der Waals surface area contributed by atoms with Crippen molar-refractivity contribution < 1.29 is 0 Å². The zero-order chi connectivity index (χ0) is 11.1. The molecule has 1 aliphatic heterocycles. The van der Waals surface area contributed by atoms with Gasteiger partial charge in [0.2, 0.25) is 0 Å². The first-order chi connectivity index (χ1) is 7.29. The molecule has 1 heterocycles. The van der Waals surface area contributed by atoms with Crippen LogP contribution in [0.15, 0.2) is 0 Å². The third-order valence-corrected chi connectivity index (χ3v) is 3.58. The summed E-state index contributed by atoms with van der Waals surface area (Å²) in [4.78, 5) is 2.69. The van der Waals surface area contributed by atoms with Crippen molar-refractivity contribution in [3.05, 3.63) is 0 Å². The fraction of sp³-hybridized carbons (Fsp3) is 1.00. The summed E-state index contributed by atoms with van der Waals surface area (Å²) in [5.74, 6) is 0.851. The quantitative estimate of drug-likeness (QED) is 0.728. The van der Waals surface area contributed by atoms with Crippen molar-refractivity contribution in [2.24, 2.45) is 5.92 Å². The molecule has 0 radical (unpaired) electrons. The first-order valence-electron chi connectivity index (χ1n) is 6.74. The third-order valence-electron chi connectivity index (χ3n) is 3.58. The highest BCUT2D eigenvalue weighted by molar-refractivity contribution is 4.83. The lowest BCUT2D eigenvalue weighted by atomic mass is 9.93. The van der Waals surface area contributed by atoms with E-state index in [1.807, 2.05) is 0 Å². The Hall–Kier alpha value is -0.0800. The molecule has 1 N–H and O–H groups in total. The van der Waals surface area contributed by atoms with Crippen molar-refractivity contribution >= 4 is 0 Å². The maximum atomic E-state index is 3.54. The molecule has 2 unspecified atom stereocenters. The second-order valence-electron chi connectivity index (χ2n) is 4.93. The van der Waals surface area contributed by atoms with Crippen LogP contribution in [0.2, 0.25) is 0 Å². The van der Waals surface area contributed by atoms with Crippen LogP contribution >= 0.6 is 0 Å². The van der Waals surface area contributed by atoms with Crippen LogP contribution in [0.4, 0.5) is 0 Å². The van der Waals surface area contributed by atoms with Gasteiger partial charge in [-0.15, -0.1) is 0 Å². The Morgan fingerprint density at radius 3 is 2.80 bits per heavy atom. The minimum absolute atomic E-state index is 0.783. The van der Waals surface area contributed by atoms with Gasteiger partial charge in [-0.05, 0) is 25.3 Å². The topological polar surface area (TPSA) is 15.3 Å². The highest BCUT2D eigenvalue weighted by atomic mass is 15.2. The number of unbranched alkanes of at least 4 members (excludes halogenated alkanes) is 1. The monoisotopic (exact) mass is 212 g/mol. The Labute approximate surface area is 95.4 Å². The van der Waals surface area contributed by atoms with Crippen LogP contribution < -0.4 is 5.32 Å². The molecule has 1 saturated heterocycles. The van der Waals surface area contributed by atoms with Crippen LogP contribution in [0.1, 0.15) is 46.5 Å². The van der Waals surface area contributed by atoms with Gasteiger partial charge in [-0.25, -0.2) is 0 Å². The van der Waals surface area contributed by atoms with Gasteiger partial charge in [0.05, 0.1) is 0 Å². The first-order valence-corrected chi connectivity index (χ1v) is 6.74. The molecule has 2 heteroatoms. The van der Waals surface area contributed by atoms with Gasteiger partial charge in [0.1, 0.15) is 0 Å². The molecule has 0 aromatic carbocycles. The molecule has 0 aliphatic carbocycles. The molecule has 1 rings (SSSR count). The Bertz CT molecular complexity index is 157. The van der Waals surface area contributed by atoms with E-state index in [2.05, 4.69) is 31.0 Å². The minimum Gasteiger partial charge on any atom is -0.314 e. The summed E-state index contributed by atoms with van der Waals surface area (Å²) < 4.78 is 0. The number of piperazine rings is 1. The lowest BCUT2D eigenvalue weighted by molar-refractivity contribution is 0.113. The molecule has 0 bridgehead atoms. The van der Waals surface area contributed by atoms with Gasteiger partial charge in [-0.3, -0.25) is 4.90 Å². The number of nitrogens with one attached hydrogen (secondary N) is 1. The summed E-state index contributed by atoms with van der Waals surface area (Å²) in [5, 5.41) is 3.54. The van der Waals surface area contributed by atoms with Gasteiger partial charge < -0.3 is 5.32 Å². The van der Waals surface area contributed by atoms with Gasteiger partial charge in [-0.1, -0.05) is 33.6 Å². The van der Waals surface area contributed by atoms with Gasteiger partial charge in [0, 0.05) is 25.7 Å². The van der Waals surface area contributed by atoms with E-state index in [0.717, 1.165) is 12.0 Å². The van der Waals surface area contributed by atoms with Crippen LogP contribution in [0.25, 0.3) is 0 Å². The molecule has 0 spiro atoms. The fourth-order valence-electron chi connectivity index (χ4n) is 2.61. The second-order valence-corrected chi connectivity index (χ2v) is 4.93. The number of hydrogen-bond donors (Lipinski definition) is 1. The summed E-state index contributed by atoms with van der Waals surface area (Å²) in [6.07, 6.45) is 5.40. The number of hydrogen-bond acceptors (Lipinski definition) is 2. The molecule has 0 aromatic rings. The molecule has 0 amide bonds. The largest absolute Gasteiger partial charge is 0.314 e. The Morgan fingerprint density at radius 2 is 2.13 bits per heavy atom. The lowest BCUT2D eigenvalue weighted by Gasteiger charge is -2.39. The van der Waals surface area contributed by atoms with Gasteiger partial charge in [0.15, 0.2) is 0 Å². The number of nitrogens with zero attached hydrogens (tertiary/aromatic N) is 1. The molecule has 0 saturated carbocycles. The molecule has 2 atom stereocenters. The second kappa shape index (κ2) is 7.24. The maximum absolute atomic E-state index is 3.54. The van der Waals surface area contributed by atoms with E-state index in [4.69, 9.17) is 0 Å². The highest BCUT2D eigenvalue weighted by Crippen LogP contribution is 2.19. The van der Waals surface area contributed by atoms with E-state index in [1.54, 1.807) is 0 Å². The average Bonchev–Trinajstić information content (AvgIpc) is 2.27. The Balaban J connectivity index is 2.39. The third kappa shape index (κ3) is 4.12. The van der Waals surface area contributed by atoms with Crippen LogP contribution in [-0.2, 0) is 0 Å². The van der Waals surface area contributed by atoms with Crippen molar-refractivity contribution in [2.45, 2.75) is 52.5 Å². The molecular weight excluding hydrogens is 184 g/mol. The van der Waals surface area contributed by atoms with E-state index in [-0.39, 0.29) is 0 Å². The van der Waals surface area contributed by atoms with Crippen molar-refractivity contribution in [3.63, 3.8) is 0 Å². The van der Waals surface area contributed by atoms with E-state index < -0.39 is 0 Å². The van der Waals surface area contributed by atoms with Crippen LogP contribution in [0.5, 0.6) is 0 Å². The molecule has 15 heavy (non-hydrogen) atoms. The molecule has 0 aromatic heterocycles. The fourth-order valence-corrected chi connectivity index (χ4v) is 2.61. The number of rotatable bonds is 6. The Kier molecular flexibility index (Phi) is 6.26. The van der Waals surface area contributed by atoms with Crippen molar-refractivity contribution in [1.29, 1.82) is 0 Å². The van der Waals surface area contributed by atoms with E-state index in [0.29, 0.717) is 0 Å². The van der Waals surface area contributed by atoms with Crippen LogP contribution in [0, 0.1) is 5.92 Å².